The Balaban J connectivity index is 1.38. The minimum absolute atomic E-state index is 0.0239. The van der Waals surface area contributed by atoms with Gasteiger partial charge in [-0.05, 0) is 59.9 Å². The van der Waals surface area contributed by atoms with Gasteiger partial charge in [0.15, 0.2) is 27.3 Å². The third-order valence-electron chi connectivity index (χ3n) is 6.97. The van der Waals surface area contributed by atoms with E-state index in [1.807, 2.05) is 0 Å². The quantitative estimate of drug-likeness (QED) is 0.102. The van der Waals surface area contributed by atoms with Crippen LogP contribution < -0.4 is 10.5 Å². The number of carbonyl (C=O) groups excluding carboxylic acids is 1. The number of rotatable bonds is 12. The predicted molar refractivity (Wildman–Crippen MR) is 159 cm³/mol. The highest BCUT2D eigenvalue weighted by Gasteiger charge is 2.27. The molecule has 0 saturated heterocycles. The lowest BCUT2D eigenvalue weighted by Crippen LogP contribution is -2.11. The van der Waals surface area contributed by atoms with Crippen molar-refractivity contribution in [3.05, 3.63) is 93.8 Å². The molecule has 45 heavy (non-hydrogen) atoms. The molecule has 5 rings (SSSR count). The molecule has 4 aromatic rings. The van der Waals surface area contributed by atoms with E-state index in [-0.39, 0.29) is 57.9 Å². The van der Waals surface area contributed by atoms with Gasteiger partial charge in [0, 0.05) is 23.0 Å². The van der Waals surface area contributed by atoms with Crippen LogP contribution in [0.4, 0.5) is 27.8 Å². The van der Waals surface area contributed by atoms with Crippen molar-refractivity contribution in [3.8, 4) is 17.3 Å². The zero-order chi connectivity index (χ0) is 32.5. The number of ether oxygens (including phenoxy) is 1. The summed E-state index contributed by atoms with van der Waals surface area (Å²) in [5.74, 6) is -6.77. The van der Waals surface area contributed by atoms with Crippen LogP contribution in [0.1, 0.15) is 39.0 Å². The van der Waals surface area contributed by atoms with Gasteiger partial charge in [0.2, 0.25) is 11.6 Å². The number of nitrogens with two attached hydrogens (primary N) is 1. The van der Waals surface area contributed by atoms with Crippen LogP contribution >= 0.6 is 11.8 Å². The Kier molecular flexibility index (Phi) is 9.30. The minimum atomic E-state index is -3.76. The number of hydrogen-bond acceptors (Lipinski definition) is 8. The fourth-order valence-corrected chi connectivity index (χ4v) is 7.02. The number of fused-ring (bicyclic) bond motifs is 1. The molecule has 2 N–H and O–H groups in total. The van der Waals surface area contributed by atoms with Crippen LogP contribution in [0.2, 0.25) is 0 Å². The lowest BCUT2D eigenvalue weighted by Gasteiger charge is -2.12. The molecule has 0 spiro atoms. The third kappa shape index (κ3) is 7.04. The van der Waals surface area contributed by atoms with Crippen LogP contribution in [0.25, 0.3) is 11.8 Å². The summed E-state index contributed by atoms with van der Waals surface area (Å²) in [7, 11) is -3.76. The van der Waals surface area contributed by atoms with E-state index in [2.05, 4.69) is 10.1 Å². The third-order valence-corrected chi connectivity index (χ3v) is 9.44. The number of anilines is 1. The average molecular weight is 665 g/mol. The SMILES string of the molecule is Cc1cc(Oc2c(F)cccc2F)ncc1-n1ncc(C(=O)C2=Cc3cc(SC(F)F)c(CS(=O)(=O)CCCF)cc3C2)c1N. The number of hydrogen-bond donors (Lipinski definition) is 1. The molecule has 1 aliphatic rings. The van der Waals surface area contributed by atoms with Gasteiger partial charge in [-0.2, -0.15) is 13.9 Å². The molecule has 0 unspecified atom stereocenters. The molecule has 0 fully saturated rings. The number of halogens is 5. The number of pyridine rings is 1. The van der Waals surface area contributed by atoms with Gasteiger partial charge in [-0.25, -0.2) is 26.9 Å². The van der Waals surface area contributed by atoms with E-state index in [0.717, 1.165) is 12.1 Å². The molecule has 8 nitrogen and oxygen atoms in total. The number of thioether (sulfide) groups is 1. The van der Waals surface area contributed by atoms with E-state index in [1.165, 1.54) is 47.4 Å². The van der Waals surface area contributed by atoms with Gasteiger partial charge >= 0.3 is 0 Å². The molecular formula is C30H25F5N4O4S2. The lowest BCUT2D eigenvalue weighted by atomic mass is 10.0. The highest BCUT2D eigenvalue weighted by Crippen LogP contribution is 2.37. The maximum absolute atomic E-state index is 14.0. The van der Waals surface area contributed by atoms with Crippen LogP contribution in [0, 0.1) is 18.6 Å². The standard InChI is InChI=1S/C30H25F5N4O4S2/c1-16-8-26(43-28-22(32)4-2-5-23(28)33)37-14-24(16)39-29(36)21(13-38-39)27(40)19-9-17-11-20(15-45(41,42)7-3-6-31)25(44-30(34)35)12-18(17)10-19/h2,4-5,8,10-14,30H,3,6-7,9,15,36H2,1H3. The lowest BCUT2D eigenvalue weighted by molar-refractivity contribution is 0.103. The number of Topliss-reactive ketones (excluding diaryl/α,β-unsaturated/α-hetero) is 1. The number of allylic oxidation sites excluding steroid dienone is 1. The number of ketones is 1. The molecule has 2 heterocycles. The first kappa shape index (κ1) is 32.2. The fourth-order valence-electron chi connectivity index (χ4n) is 4.85. The molecule has 0 saturated carbocycles. The van der Waals surface area contributed by atoms with Gasteiger partial charge in [0.05, 0.1) is 41.8 Å². The summed E-state index contributed by atoms with van der Waals surface area (Å²) in [5.41, 5.74) is 8.73. The van der Waals surface area contributed by atoms with Crippen molar-refractivity contribution < 1.29 is 39.9 Å². The molecule has 2 aromatic carbocycles. The number of alkyl halides is 3. The molecule has 0 amide bonds. The van der Waals surface area contributed by atoms with Gasteiger partial charge in [0.1, 0.15) is 5.82 Å². The van der Waals surface area contributed by atoms with Crippen LogP contribution in [0.5, 0.6) is 11.6 Å². The first-order valence-corrected chi connectivity index (χ1v) is 16.1. The summed E-state index contributed by atoms with van der Waals surface area (Å²) in [5, 5.41) is 4.22. The topological polar surface area (TPSA) is 117 Å². The molecular weight excluding hydrogens is 639 g/mol. The number of aromatic nitrogens is 3. The predicted octanol–water partition coefficient (Wildman–Crippen LogP) is 6.64. The maximum Gasteiger partial charge on any atom is 0.288 e. The maximum atomic E-state index is 14.0. The summed E-state index contributed by atoms with van der Waals surface area (Å²) < 4.78 is 98.7. The van der Waals surface area contributed by atoms with E-state index in [9.17, 15) is 35.2 Å². The summed E-state index contributed by atoms with van der Waals surface area (Å²) in [6.45, 7) is 0.842. The van der Waals surface area contributed by atoms with E-state index in [0.29, 0.717) is 22.4 Å². The van der Waals surface area contributed by atoms with Gasteiger partial charge in [-0.1, -0.05) is 23.9 Å². The Labute approximate surface area is 259 Å². The largest absolute Gasteiger partial charge is 0.433 e. The average Bonchev–Trinajstić information content (AvgIpc) is 3.56. The van der Waals surface area contributed by atoms with Crippen molar-refractivity contribution in [2.24, 2.45) is 0 Å². The summed E-state index contributed by atoms with van der Waals surface area (Å²) in [4.78, 5) is 17.7. The first-order valence-electron chi connectivity index (χ1n) is 13.4. The van der Waals surface area contributed by atoms with Crippen molar-refractivity contribution in [1.29, 1.82) is 0 Å². The van der Waals surface area contributed by atoms with Crippen LogP contribution in [0.3, 0.4) is 0 Å². The fraction of sp³-hybridized carbons (Fsp3) is 0.233. The second-order valence-electron chi connectivity index (χ2n) is 10.2. The molecule has 0 bridgehead atoms. The highest BCUT2D eigenvalue weighted by atomic mass is 32.2. The van der Waals surface area contributed by atoms with Crippen LogP contribution in [0.15, 0.2) is 59.3 Å². The molecule has 0 aliphatic heterocycles. The molecule has 2 aromatic heterocycles. The second-order valence-corrected chi connectivity index (χ2v) is 13.4. The number of benzene rings is 2. The molecule has 0 radical (unpaired) electrons. The Morgan fingerprint density at radius 2 is 1.89 bits per heavy atom. The minimum Gasteiger partial charge on any atom is -0.433 e. The Morgan fingerprint density at radius 3 is 2.56 bits per heavy atom. The Bertz CT molecular complexity index is 1910. The van der Waals surface area contributed by atoms with Gasteiger partial charge in [0.25, 0.3) is 5.76 Å². The molecule has 1 aliphatic carbocycles. The summed E-state index contributed by atoms with van der Waals surface area (Å²) in [6, 6.07) is 7.62. The van der Waals surface area contributed by atoms with Crippen molar-refractivity contribution in [2.75, 3.05) is 18.2 Å². The molecule has 15 heteroatoms. The van der Waals surface area contributed by atoms with E-state index >= 15 is 0 Å². The van der Waals surface area contributed by atoms with Crippen LogP contribution in [-0.4, -0.2) is 47.2 Å². The first-order chi connectivity index (χ1) is 21.4. The van der Waals surface area contributed by atoms with Crippen molar-refractivity contribution in [2.45, 2.75) is 36.2 Å². The number of sulfone groups is 1. The number of aryl methyl sites for hydroxylation is 1. The van der Waals surface area contributed by atoms with E-state index in [4.69, 9.17) is 10.5 Å². The van der Waals surface area contributed by atoms with Crippen LogP contribution in [-0.2, 0) is 22.0 Å². The normalized spacial score (nSPS) is 12.8. The van der Waals surface area contributed by atoms with Crippen molar-refractivity contribution in [3.63, 3.8) is 0 Å². The molecule has 0 atom stereocenters. The van der Waals surface area contributed by atoms with Gasteiger partial charge < -0.3 is 10.5 Å². The molecule has 236 valence electrons. The number of para-hydroxylation sites is 1. The monoisotopic (exact) mass is 664 g/mol. The van der Waals surface area contributed by atoms with Crippen molar-refractivity contribution >= 4 is 39.3 Å². The Hall–Kier alpha value is -4.24. The van der Waals surface area contributed by atoms with Gasteiger partial charge in [-0.15, -0.1) is 0 Å². The zero-order valence-corrected chi connectivity index (χ0v) is 25.2. The summed E-state index contributed by atoms with van der Waals surface area (Å²) in [6.07, 6.45) is 4.01. The zero-order valence-electron chi connectivity index (χ0n) is 23.6. The Morgan fingerprint density at radius 1 is 1.16 bits per heavy atom. The van der Waals surface area contributed by atoms with E-state index in [1.54, 1.807) is 6.92 Å². The summed E-state index contributed by atoms with van der Waals surface area (Å²) >= 11 is 0.198. The highest BCUT2D eigenvalue weighted by molar-refractivity contribution is 7.99. The number of nitrogen functional groups attached to an aromatic ring is 1. The number of nitrogens with zero attached hydrogens (tertiary/aromatic N) is 3. The van der Waals surface area contributed by atoms with E-state index < -0.39 is 56.9 Å². The smallest absolute Gasteiger partial charge is 0.288 e. The second kappa shape index (κ2) is 13.0. The number of carbonyl (C=O) groups is 1. The van der Waals surface area contributed by atoms with Gasteiger partial charge in [-0.3, -0.25) is 9.18 Å². The van der Waals surface area contributed by atoms with Crippen molar-refractivity contribution in [1.82, 2.24) is 14.8 Å².